The molecule has 3 heteroatoms. The maximum absolute atomic E-state index is 6.26. The van der Waals surface area contributed by atoms with Crippen molar-refractivity contribution in [3.8, 4) is 33.4 Å². The molecule has 0 amide bonds. The van der Waals surface area contributed by atoms with E-state index in [1.54, 1.807) is 0 Å². The van der Waals surface area contributed by atoms with Crippen LogP contribution in [0.1, 0.15) is 0 Å². The Hall–Kier alpha value is -6.97. The lowest BCUT2D eigenvalue weighted by Gasteiger charge is -2.26. The number of nitrogens with zero attached hydrogens (tertiary/aromatic N) is 2. The highest BCUT2D eigenvalue weighted by molar-refractivity contribution is 6.09. The molecule has 0 unspecified atom stereocenters. The van der Waals surface area contributed by atoms with Crippen LogP contribution in [0.25, 0.3) is 77.1 Å². The molecule has 244 valence electrons. The van der Waals surface area contributed by atoms with Gasteiger partial charge in [0, 0.05) is 33.2 Å². The average Bonchev–Trinajstić information content (AvgIpc) is 3.57. The summed E-state index contributed by atoms with van der Waals surface area (Å²) < 4.78 is 6.26. The number of hydrogen-bond donors (Lipinski definition) is 0. The number of anilines is 3. The highest BCUT2D eigenvalue weighted by Gasteiger charge is 2.17. The Balaban J connectivity index is 1.04. The number of rotatable bonds is 6. The van der Waals surface area contributed by atoms with Gasteiger partial charge in [0.1, 0.15) is 5.58 Å². The van der Waals surface area contributed by atoms with E-state index in [1.807, 2.05) is 18.2 Å². The third kappa shape index (κ3) is 5.28. The molecule has 0 bridgehead atoms. The monoisotopic (exact) mass is 664 g/mol. The molecule has 0 saturated carbocycles. The first-order valence-corrected chi connectivity index (χ1v) is 17.6. The number of hydrogen-bond acceptors (Lipinski definition) is 3. The summed E-state index contributed by atoms with van der Waals surface area (Å²) in [5, 5.41) is 5.67. The maximum atomic E-state index is 6.26. The molecule has 0 aliphatic rings. The van der Waals surface area contributed by atoms with Crippen LogP contribution in [0, 0.1) is 0 Å². The lowest BCUT2D eigenvalue weighted by Crippen LogP contribution is -2.09. The highest BCUT2D eigenvalue weighted by Crippen LogP contribution is 2.40. The fraction of sp³-hybridized carbons (Fsp3) is 0. The molecule has 10 aromatic rings. The molecule has 0 fully saturated rings. The molecule has 8 aromatic carbocycles. The molecule has 0 aliphatic heterocycles. The zero-order chi connectivity index (χ0) is 34.4. The van der Waals surface area contributed by atoms with Gasteiger partial charge in [-0.15, -0.1) is 0 Å². The standard InChI is InChI=1S/C49H32N2O/c1-2-9-33(10-3-1)35-21-25-40(26-22-35)51(42-29-30-48-45(32-42)46-31-39-12-5-7-16-47(39)50-49(46)52-48)41-27-23-36(24-28-41)34-17-19-38(20-18-34)44-15-8-13-37-11-4-6-14-43(37)44/h1-32H. The number of aromatic nitrogens is 1. The van der Waals surface area contributed by atoms with Crippen molar-refractivity contribution in [2.45, 2.75) is 0 Å². The first-order valence-electron chi connectivity index (χ1n) is 17.6. The van der Waals surface area contributed by atoms with E-state index in [1.165, 1.54) is 44.2 Å². The molecule has 0 atom stereocenters. The Morgan fingerprint density at radius 2 is 0.923 bits per heavy atom. The summed E-state index contributed by atoms with van der Waals surface area (Å²) >= 11 is 0. The van der Waals surface area contributed by atoms with Gasteiger partial charge in [-0.05, 0) is 98.8 Å². The Kier molecular flexibility index (Phi) is 7.14. The van der Waals surface area contributed by atoms with Gasteiger partial charge in [-0.25, -0.2) is 4.98 Å². The van der Waals surface area contributed by atoms with Crippen LogP contribution >= 0.6 is 0 Å². The Morgan fingerprint density at radius 1 is 0.365 bits per heavy atom. The Bertz CT molecular complexity index is 2870. The Labute approximate surface area is 301 Å². The first kappa shape index (κ1) is 29.9. The van der Waals surface area contributed by atoms with Crippen molar-refractivity contribution in [1.82, 2.24) is 4.98 Å². The molecule has 0 aliphatic carbocycles. The molecular weight excluding hydrogens is 633 g/mol. The van der Waals surface area contributed by atoms with Gasteiger partial charge in [0.15, 0.2) is 0 Å². The van der Waals surface area contributed by atoms with Gasteiger partial charge >= 0.3 is 0 Å². The van der Waals surface area contributed by atoms with Crippen LogP contribution in [-0.2, 0) is 0 Å². The van der Waals surface area contributed by atoms with Gasteiger partial charge in [0.2, 0.25) is 5.71 Å². The van der Waals surface area contributed by atoms with Gasteiger partial charge < -0.3 is 9.32 Å². The molecular formula is C49H32N2O. The van der Waals surface area contributed by atoms with Crippen LogP contribution in [0.4, 0.5) is 17.1 Å². The van der Waals surface area contributed by atoms with Gasteiger partial charge in [-0.3, -0.25) is 0 Å². The molecule has 0 spiro atoms. The van der Waals surface area contributed by atoms with Crippen molar-refractivity contribution < 1.29 is 4.42 Å². The predicted molar refractivity (Wildman–Crippen MR) is 218 cm³/mol. The lowest BCUT2D eigenvalue weighted by atomic mass is 9.96. The highest BCUT2D eigenvalue weighted by atomic mass is 16.3. The van der Waals surface area contributed by atoms with E-state index >= 15 is 0 Å². The van der Waals surface area contributed by atoms with Crippen molar-refractivity contribution in [3.05, 3.63) is 194 Å². The molecule has 52 heavy (non-hydrogen) atoms. The van der Waals surface area contributed by atoms with E-state index in [0.717, 1.165) is 44.3 Å². The average molecular weight is 665 g/mol. The van der Waals surface area contributed by atoms with Crippen molar-refractivity contribution in [2.75, 3.05) is 4.90 Å². The van der Waals surface area contributed by atoms with Crippen LogP contribution in [0.2, 0.25) is 0 Å². The second-order valence-corrected chi connectivity index (χ2v) is 13.2. The van der Waals surface area contributed by atoms with Gasteiger partial charge in [0.05, 0.1) is 5.52 Å². The van der Waals surface area contributed by atoms with E-state index in [2.05, 4.69) is 181 Å². The molecule has 10 rings (SSSR count). The molecule has 0 saturated heterocycles. The van der Waals surface area contributed by atoms with E-state index in [-0.39, 0.29) is 0 Å². The Morgan fingerprint density at radius 3 is 1.65 bits per heavy atom. The number of benzene rings is 8. The van der Waals surface area contributed by atoms with Gasteiger partial charge in [-0.1, -0.05) is 140 Å². The lowest BCUT2D eigenvalue weighted by molar-refractivity contribution is 0.656. The second-order valence-electron chi connectivity index (χ2n) is 13.2. The minimum atomic E-state index is 0.653. The normalized spacial score (nSPS) is 11.5. The van der Waals surface area contributed by atoms with Crippen LogP contribution in [0.3, 0.4) is 0 Å². The van der Waals surface area contributed by atoms with Gasteiger partial charge in [0.25, 0.3) is 0 Å². The predicted octanol–water partition coefficient (Wildman–Crippen LogP) is 13.8. The molecule has 0 radical (unpaired) electrons. The number of furan rings is 1. The summed E-state index contributed by atoms with van der Waals surface area (Å²) in [5.74, 6) is 0. The summed E-state index contributed by atoms with van der Waals surface area (Å²) in [6.07, 6.45) is 0. The minimum absolute atomic E-state index is 0.653. The van der Waals surface area contributed by atoms with Crippen molar-refractivity contribution >= 4 is 60.8 Å². The maximum Gasteiger partial charge on any atom is 0.227 e. The molecule has 2 aromatic heterocycles. The van der Waals surface area contributed by atoms with Gasteiger partial charge in [-0.2, -0.15) is 0 Å². The smallest absolute Gasteiger partial charge is 0.227 e. The fourth-order valence-corrected chi connectivity index (χ4v) is 7.43. The zero-order valence-corrected chi connectivity index (χ0v) is 28.3. The topological polar surface area (TPSA) is 29.3 Å². The summed E-state index contributed by atoms with van der Waals surface area (Å²) in [6, 6.07) is 69.0. The van der Waals surface area contributed by atoms with E-state index in [4.69, 9.17) is 9.40 Å². The quantitative estimate of drug-likeness (QED) is 0.177. The van der Waals surface area contributed by atoms with Crippen LogP contribution in [0.5, 0.6) is 0 Å². The van der Waals surface area contributed by atoms with E-state index in [9.17, 15) is 0 Å². The third-order valence-corrected chi connectivity index (χ3v) is 10.1. The summed E-state index contributed by atoms with van der Waals surface area (Å²) in [5.41, 5.74) is 12.8. The second kappa shape index (κ2) is 12.4. The van der Waals surface area contributed by atoms with Crippen molar-refractivity contribution in [2.24, 2.45) is 0 Å². The zero-order valence-electron chi connectivity index (χ0n) is 28.3. The van der Waals surface area contributed by atoms with Crippen molar-refractivity contribution in [3.63, 3.8) is 0 Å². The number of para-hydroxylation sites is 1. The summed E-state index contributed by atoms with van der Waals surface area (Å²) in [7, 11) is 0. The molecule has 2 heterocycles. The van der Waals surface area contributed by atoms with Crippen molar-refractivity contribution in [1.29, 1.82) is 0 Å². The first-order chi connectivity index (χ1) is 25.7. The SMILES string of the molecule is c1ccc(-c2ccc(N(c3ccc(-c4ccc(-c5cccc6ccccc56)cc4)cc3)c3ccc4oc5nc6ccccc6cc5c4c3)cc2)cc1. The molecule has 3 nitrogen and oxygen atoms in total. The van der Waals surface area contributed by atoms with Crippen LogP contribution in [0.15, 0.2) is 199 Å². The number of pyridine rings is 1. The summed E-state index contributed by atoms with van der Waals surface area (Å²) in [6.45, 7) is 0. The fourth-order valence-electron chi connectivity index (χ4n) is 7.43. The van der Waals surface area contributed by atoms with E-state index in [0.29, 0.717) is 5.71 Å². The van der Waals surface area contributed by atoms with E-state index < -0.39 is 0 Å². The number of fused-ring (bicyclic) bond motifs is 5. The van der Waals surface area contributed by atoms with Crippen LogP contribution < -0.4 is 4.90 Å². The van der Waals surface area contributed by atoms with Crippen LogP contribution in [-0.4, -0.2) is 4.98 Å². The summed E-state index contributed by atoms with van der Waals surface area (Å²) in [4.78, 5) is 7.15. The largest absolute Gasteiger partial charge is 0.438 e. The minimum Gasteiger partial charge on any atom is -0.438 e. The third-order valence-electron chi connectivity index (χ3n) is 10.1. The molecule has 0 N–H and O–H groups in total.